The third-order valence-corrected chi connectivity index (χ3v) is 2.55. The smallest absolute Gasteiger partial charge is 0.319 e. The lowest BCUT2D eigenvalue weighted by Crippen LogP contribution is -2.26. The van der Waals surface area contributed by atoms with Crippen molar-refractivity contribution < 1.29 is 9.53 Å². The van der Waals surface area contributed by atoms with Gasteiger partial charge in [0.1, 0.15) is 0 Å². The van der Waals surface area contributed by atoms with Gasteiger partial charge in [0.2, 0.25) is 0 Å². The number of rotatable bonds is 4. The second kappa shape index (κ2) is 5.98. The van der Waals surface area contributed by atoms with Gasteiger partial charge in [-0.05, 0) is 18.9 Å². The van der Waals surface area contributed by atoms with E-state index in [1.165, 1.54) is 12.7 Å². The molecule has 1 rings (SSSR count). The summed E-state index contributed by atoms with van der Waals surface area (Å²) in [5, 5.41) is 3.04. The van der Waals surface area contributed by atoms with Gasteiger partial charge in [-0.25, -0.2) is 0 Å². The zero-order valence-electron chi connectivity index (χ0n) is 8.18. The van der Waals surface area contributed by atoms with E-state index in [0.29, 0.717) is 0 Å². The largest absolute Gasteiger partial charge is 0.468 e. The predicted octanol–water partition coefficient (Wildman–Crippen LogP) is 1.75. The second-order valence-electron chi connectivity index (χ2n) is 3.11. The number of nitrogens with one attached hydrogen (secondary N) is 1. The van der Waals surface area contributed by atoms with Crippen LogP contribution in [0.4, 0.5) is 0 Å². The van der Waals surface area contributed by atoms with Crippen LogP contribution in [0, 0.1) is 0 Å². The van der Waals surface area contributed by atoms with E-state index in [2.05, 4.69) is 38.1 Å². The van der Waals surface area contributed by atoms with Gasteiger partial charge in [-0.2, -0.15) is 0 Å². The summed E-state index contributed by atoms with van der Waals surface area (Å²) < 4.78 is 5.64. The fourth-order valence-electron chi connectivity index (χ4n) is 1.26. The van der Waals surface area contributed by atoms with Crippen LogP contribution in [0.25, 0.3) is 0 Å². The van der Waals surface area contributed by atoms with Gasteiger partial charge in [-0.3, -0.25) is 4.79 Å². The second-order valence-corrected chi connectivity index (χ2v) is 4.03. The Hall–Kier alpha value is -0.610. The molecule has 0 bridgehead atoms. The number of carbonyl (C=O) groups excluding carboxylic acids is 1. The predicted molar refractivity (Wildman–Crippen MR) is 59.2 cm³/mol. The number of methoxy groups -OCH3 is 1. The molecule has 1 aliphatic carbocycles. The number of esters is 1. The lowest BCUT2D eigenvalue weighted by atomic mass is 10.1. The normalized spacial score (nSPS) is 15.9. The Morgan fingerprint density at radius 3 is 3.14 bits per heavy atom. The van der Waals surface area contributed by atoms with Crippen LogP contribution in [-0.2, 0) is 9.53 Å². The van der Waals surface area contributed by atoms with Gasteiger partial charge >= 0.3 is 5.97 Å². The highest BCUT2D eigenvalue weighted by Crippen LogP contribution is 2.20. The van der Waals surface area contributed by atoms with Crippen molar-refractivity contribution in [1.82, 2.24) is 5.32 Å². The summed E-state index contributed by atoms with van der Waals surface area (Å²) in [5.41, 5.74) is 1.31. The summed E-state index contributed by atoms with van der Waals surface area (Å²) in [6, 6.07) is 0. The van der Waals surface area contributed by atoms with Gasteiger partial charge in [-0.1, -0.05) is 27.6 Å². The van der Waals surface area contributed by atoms with E-state index in [0.717, 1.165) is 23.9 Å². The number of hydrogen-bond acceptors (Lipinski definition) is 3. The molecular weight excluding hydrogens is 246 g/mol. The number of hydrogen-bond donors (Lipinski definition) is 1. The first kappa shape index (κ1) is 11.5. The molecule has 0 saturated carbocycles. The highest BCUT2D eigenvalue weighted by molar-refractivity contribution is 9.11. The van der Waals surface area contributed by atoms with Crippen molar-refractivity contribution in [3.05, 3.63) is 22.2 Å². The van der Waals surface area contributed by atoms with Crippen LogP contribution < -0.4 is 5.32 Å². The molecule has 78 valence electrons. The number of allylic oxidation sites excluding steroid dienone is 3. The SMILES string of the molecule is COC(=O)CNCC1=CC(Br)=CCC1. The molecule has 0 radical (unpaired) electrons. The Bertz CT molecular complexity index is 271. The molecule has 0 amide bonds. The standard InChI is InChI=1S/C10H14BrNO2/c1-14-10(13)7-12-6-8-3-2-4-9(11)5-8/h4-5,12H,2-3,6-7H2,1H3. The van der Waals surface area contributed by atoms with Gasteiger partial charge in [0.05, 0.1) is 13.7 Å². The summed E-state index contributed by atoms with van der Waals surface area (Å²) in [6.45, 7) is 1.02. The molecule has 0 aromatic carbocycles. The highest BCUT2D eigenvalue weighted by Gasteiger charge is 2.04. The Morgan fingerprint density at radius 2 is 2.50 bits per heavy atom. The van der Waals surface area contributed by atoms with Gasteiger partial charge in [0.15, 0.2) is 0 Å². The van der Waals surface area contributed by atoms with E-state index >= 15 is 0 Å². The fraction of sp³-hybridized carbons (Fsp3) is 0.500. The lowest BCUT2D eigenvalue weighted by Gasteiger charge is -2.11. The Balaban J connectivity index is 2.25. The average molecular weight is 260 g/mol. The van der Waals surface area contributed by atoms with Crippen molar-refractivity contribution in [3.63, 3.8) is 0 Å². The molecule has 1 aliphatic rings. The molecule has 3 nitrogen and oxygen atoms in total. The van der Waals surface area contributed by atoms with E-state index in [9.17, 15) is 4.79 Å². The van der Waals surface area contributed by atoms with E-state index in [1.54, 1.807) is 0 Å². The minimum atomic E-state index is -0.226. The average Bonchev–Trinajstić information content (AvgIpc) is 2.17. The van der Waals surface area contributed by atoms with Crippen LogP contribution in [0.2, 0.25) is 0 Å². The van der Waals surface area contributed by atoms with Gasteiger partial charge in [0, 0.05) is 11.0 Å². The van der Waals surface area contributed by atoms with Gasteiger partial charge < -0.3 is 10.1 Å². The van der Waals surface area contributed by atoms with Crippen molar-refractivity contribution in [1.29, 1.82) is 0 Å². The monoisotopic (exact) mass is 259 g/mol. The highest BCUT2D eigenvalue weighted by atomic mass is 79.9. The molecule has 0 saturated heterocycles. The zero-order chi connectivity index (χ0) is 10.4. The maximum absolute atomic E-state index is 10.8. The molecule has 0 aliphatic heterocycles. The van der Waals surface area contributed by atoms with Crippen LogP contribution in [0.5, 0.6) is 0 Å². The Labute approximate surface area is 92.3 Å². The summed E-state index contributed by atoms with van der Waals surface area (Å²) in [6.07, 6.45) is 6.35. The number of ether oxygens (including phenoxy) is 1. The lowest BCUT2D eigenvalue weighted by molar-refractivity contribution is -0.139. The van der Waals surface area contributed by atoms with E-state index < -0.39 is 0 Å². The number of halogens is 1. The molecule has 4 heteroatoms. The first-order chi connectivity index (χ1) is 6.72. The van der Waals surface area contributed by atoms with E-state index in [4.69, 9.17) is 0 Å². The van der Waals surface area contributed by atoms with Crippen LogP contribution in [0.15, 0.2) is 22.2 Å². The maximum Gasteiger partial charge on any atom is 0.319 e. The topological polar surface area (TPSA) is 38.3 Å². The van der Waals surface area contributed by atoms with Crippen LogP contribution >= 0.6 is 15.9 Å². The molecule has 0 atom stereocenters. The molecule has 0 unspecified atom stereocenters. The van der Waals surface area contributed by atoms with E-state index in [-0.39, 0.29) is 12.5 Å². The molecule has 0 fully saturated rings. The Kier molecular flexibility index (Phi) is 4.90. The molecule has 14 heavy (non-hydrogen) atoms. The van der Waals surface area contributed by atoms with Crippen LogP contribution in [0.3, 0.4) is 0 Å². The summed E-state index contributed by atoms with van der Waals surface area (Å²) in [7, 11) is 1.39. The first-order valence-electron chi connectivity index (χ1n) is 4.55. The van der Waals surface area contributed by atoms with Gasteiger partial charge in [-0.15, -0.1) is 0 Å². The van der Waals surface area contributed by atoms with Crippen molar-refractivity contribution >= 4 is 21.9 Å². The Morgan fingerprint density at radius 1 is 1.71 bits per heavy atom. The molecule has 1 N–H and O–H groups in total. The summed E-state index contributed by atoms with van der Waals surface area (Å²) >= 11 is 3.43. The van der Waals surface area contributed by atoms with Crippen LogP contribution in [-0.4, -0.2) is 26.2 Å². The van der Waals surface area contributed by atoms with Crippen LogP contribution in [0.1, 0.15) is 12.8 Å². The molecule has 0 spiro atoms. The van der Waals surface area contributed by atoms with Gasteiger partial charge in [0.25, 0.3) is 0 Å². The molecular formula is C10H14BrNO2. The quantitative estimate of drug-likeness (QED) is 0.782. The zero-order valence-corrected chi connectivity index (χ0v) is 9.76. The van der Waals surface area contributed by atoms with Crippen molar-refractivity contribution in [2.45, 2.75) is 12.8 Å². The minimum Gasteiger partial charge on any atom is -0.468 e. The summed E-state index contributed by atoms with van der Waals surface area (Å²) in [5.74, 6) is -0.226. The maximum atomic E-state index is 10.8. The van der Waals surface area contributed by atoms with E-state index in [1.807, 2.05) is 0 Å². The van der Waals surface area contributed by atoms with Crippen molar-refractivity contribution in [2.75, 3.05) is 20.2 Å². The molecule has 0 aromatic rings. The third kappa shape index (κ3) is 4.07. The molecule has 0 heterocycles. The third-order valence-electron chi connectivity index (χ3n) is 2.00. The minimum absolute atomic E-state index is 0.226. The summed E-state index contributed by atoms with van der Waals surface area (Å²) in [4.78, 5) is 10.8. The van der Waals surface area contributed by atoms with Crippen molar-refractivity contribution in [2.24, 2.45) is 0 Å². The molecule has 0 aromatic heterocycles. The first-order valence-corrected chi connectivity index (χ1v) is 5.34. The number of carbonyl (C=O) groups is 1. The van der Waals surface area contributed by atoms with Crippen molar-refractivity contribution in [3.8, 4) is 0 Å². The fourth-order valence-corrected chi connectivity index (χ4v) is 1.81.